The van der Waals surface area contributed by atoms with Crippen molar-refractivity contribution in [2.45, 2.75) is 59.8 Å². The van der Waals surface area contributed by atoms with E-state index in [0.717, 1.165) is 19.6 Å². The molecule has 2 aliphatic rings. The first-order chi connectivity index (χ1) is 10.2. The van der Waals surface area contributed by atoms with Gasteiger partial charge in [-0.05, 0) is 40.0 Å². The summed E-state index contributed by atoms with van der Waals surface area (Å²) in [5.74, 6) is 0.180. The Morgan fingerprint density at radius 3 is 1.76 bits per heavy atom. The maximum absolute atomic E-state index is 10.7. The Morgan fingerprint density at radius 2 is 1.24 bits per heavy atom. The highest BCUT2D eigenvalue weighted by atomic mass is 16.1. The third-order valence-corrected chi connectivity index (χ3v) is 3.37. The van der Waals surface area contributed by atoms with Crippen LogP contribution in [-0.4, -0.2) is 62.5 Å². The molecular formula is C17H39N3O. The molecule has 0 aromatic carbocycles. The molecule has 4 nitrogen and oxygen atoms in total. The van der Waals surface area contributed by atoms with Crippen molar-refractivity contribution in [3.63, 3.8) is 0 Å². The molecule has 2 fully saturated rings. The van der Waals surface area contributed by atoms with Crippen molar-refractivity contribution in [1.29, 1.82) is 0 Å². The van der Waals surface area contributed by atoms with E-state index in [1.54, 1.807) is 0 Å². The fourth-order valence-electron chi connectivity index (χ4n) is 2.11. The summed E-state index contributed by atoms with van der Waals surface area (Å²) in [7, 11) is 4.24. The van der Waals surface area contributed by atoms with Crippen molar-refractivity contribution < 1.29 is 4.79 Å². The van der Waals surface area contributed by atoms with Gasteiger partial charge in [0, 0.05) is 26.1 Å². The van der Waals surface area contributed by atoms with E-state index >= 15 is 0 Å². The Labute approximate surface area is 133 Å². The van der Waals surface area contributed by atoms with E-state index in [0.29, 0.717) is 6.42 Å². The number of nitrogens with zero attached hydrogens (tertiary/aromatic N) is 2. The normalized spacial score (nSPS) is 20.0. The molecule has 0 aromatic rings. The first-order valence-corrected chi connectivity index (χ1v) is 8.82. The molecule has 2 aliphatic heterocycles. The number of hydrogen-bond acceptors (Lipinski definition) is 3. The van der Waals surface area contributed by atoms with Gasteiger partial charge in [-0.1, -0.05) is 40.5 Å². The summed E-state index contributed by atoms with van der Waals surface area (Å²) >= 11 is 0. The van der Waals surface area contributed by atoms with Gasteiger partial charge in [0.15, 0.2) is 0 Å². The number of likely N-dealkylation sites (N-methyl/N-ethyl adjacent to an activating group) is 1. The molecule has 2 rings (SSSR count). The van der Waals surface area contributed by atoms with Crippen LogP contribution in [0.1, 0.15) is 59.8 Å². The van der Waals surface area contributed by atoms with Crippen molar-refractivity contribution in [3.05, 3.63) is 0 Å². The van der Waals surface area contributed by atoms with Crippen molar-refractivity contribution in [2.24, 2.45) is 0 Å². The summed E-state index contributed by atoms with van der Waals surface area (Å²) in [6.07, 6.45) is 6.37. The number of likely N-dealkylation sites (tertiary alicyclic amines) is 1. The van der Waals surface area contributed by atoms with Crippen molar-refractivity contribution in [1.82, 2.24) is 15.1 Å². The quantitative estimate of drug-likeness (QED) is 0.747. The molecule has 1 N–H and O–H groups in total. The number of amides is 1. The number of nitrogens with one attached hydrogen (secondary N) is 1. The van der Waals surface area contributed by atoms with Crippen LogP contribution in [0.15, 0.2) is 0 Å². The minimum atomic E-state index is 0.180. The monoisotopic (exact) mass is 301 g/mol. The zero-order chi connectivity index (χ0) is 16.5. The van der Waals surface area contributed by atoms with Crippen LogP contribution in [0.5, 0.6) is 0 Å². The Bertz CT molecular complexity index is 214. The molecule has 0 unspecified atom stereocenters. The van der Waals surface area contributed by atoms with Crippen LogP contribution in [0.3, 0.4) is 0 Å². The fourth-order valence-corrected chi connectivity index (χ4v) is 2.11. The predicted molar refractivity (Wildman–Crippen MR) is 93.8 cm³/mol. The molecule has 2 heterocycles. The Hall–Kier alpha value is -0.610. The molecule has 4 heteroatoms. The smallest absolute Gasteiger partial charge is 0.221 e. The highest BCUT2D eigenvalue weighted by Gasteiger charge is 2.08. The van der Waals surface area contributed by atoms with Crippen LogP contribution in [0, 0.1) is 0 Å². The summed E-state index contributed by atoms with van der Waals surface area (Å²) in [6.45, 7) is 13.3. The first-order valence-electron chi connectivity index (χ1n) is 8.82. The molecule has 2 saturated heterocycles. The second-order valence-electron chi connectivity index (χ2n) is 5.12. The predicted octanol–water partition coefficient (Wildman–Crippen LogP) is 2.98. The summed E-state index contributed by atoms with van der Waals surface area (Å²) in [5.41, 5.74) is 0. The van der Waals surface area contributed by atoms with Gasteiger partial charge >= 0.3 is 0 Å². The van der Waals surface area contributed by atoms with Crippen molar-refractivity contribution in [2.75, 3.05) is 46.8 Å². The summed E-state index contributed by atoms with van der Waals surface area (Å²) in [5, 5.41) is 2.79. The molecule has 0 aliphatic carbocycles. The Morgan fingerprint density at radius 1 is 0.762 bits per heavy atom. The van der Waals surface area contributed by atoms with Crippen molar-refractivity contribution in [3.8, 4) is 0 Å². The number of carbonyl (C=O) groups is 1. The van der Waals surface area contributed by atoms with E-state index in [1.807, 2.05) is 34.7 Å². The Kier molecular flexibility index (Phi) is 18.8. The minimum Gasteiger partial charge on any atom is -0.355 e. The highest BCUT2D eigenvalue weighted by Crippen LogP contribution is 2.06. The highest BCUT2D eigenvalue weighted by molar-refractivity contribution is 5.76. The van der Waals surface area contributed by atoms with Crippen LogP contribution < -0.4 is 5.32 Å². The molecule has 0 atom stereocenters. The van der Waals surface area contributed by atoms with Gasteiger partial charge in [-0.2, -0.15) is 0 Å². The van der Waals surface area contributed by atoms with E-state index in [4.69, 9.17) is 0 Å². The van der Waals surface area contributed by atoms with Gasteiger partial charge < -0.3 is 15.1 Å². The van der Waals surface area contributed by atoms with E-state index < -0.39 is 0 Å². The average molecular weight is 302 g/mol. The lowest BCUT2D eigenvalue weighted by Gasteiger charge is -2.10. The van der Waals surface area contributed by atoms with E-state index in [9.17, 15) is 4.79 Å². The van der Waals surface area contributed by atoms with Gasteiger partial charge in [-0.25, -0.2) is 0 Å². The maximum Gasteiger partial charge on any atom is 0.221 e. The largest absolute Gasteiger partial charge is 0.355 e. The number of rotatable bonds is 0. The molecule has 0 radical (unpaired) electrons. The van der Waals surface area contributed by atoms with Crippen LogP contribution in [-0.2, 0) is 4.79 Å². The molecule has 0 aromatic heterocycles. The lowest BCUT2D eigenvalue weighted by Crippen LogP contribution is -2.25. The van der Waals surface area contributed by atoms with Crippen LogP contribution in [0.25, 0.3) is 0 Å². The zero-order valence-electron chi connectivity index (χ0n) is 15.4. The summed E-state index contributed by atoms with van der Waals surface area (Å²) in [6, 6.07) is 0. The van der Waals surface area contributed by atoms with Crippen LogP contribution in [0.4, 0.5) is 0 Å². The summed E-state index contributed by atoms with van der Waals surface area (Å²) in [4.78, 5) is 15.3. The van der Waals surface area contributed by atoms with Crippen molar-refractivity contribution >= 4 is 5.91 Å². The van der Waals surface area contributed by atoms with Gasteiger partial charge in [0.05, 0.1) is 0 Å². The van der Waals surface area contributed by atoms with Crippen LogP contribution in [0.2, 0.25) is 0 Å². The van der Waals surface area contributed by atoms with E-state index in [2.05, 4.69) is 22.2 Å². The topological polar surface area (TPSA) is 35.6 Å². The summed E-state index contributed by atoms with van der Waals surface area (Å²) < 4.78 is 0. The maximum atomic E-state index is 10.7. The van der Waals surface area contributed by atoms with E-state index in [1.165, 1.54) is 38.8 Å². The molecule has 0 spiro atoms. The number of carbonyl (C=O) groups excluding carboxylic acids is 1. The number of hydrogen-bond donors (Lipinski definition) is 1. The lowest BCUT2D eigenvalue weighted by atomic mass is 10.2. The minimum absolute atomic E-state index is 0.180. The SMILES string of the molecule is CC.CC.CN1CCCCCC1.CN1CCNC(=O)CC1. The molecule has 0 saturated carbocycles. The third kappa shape index (κ3) is 15.6. The standard InChI is InChI=1S/C7H15N.C6H12N2O.2C2H6/c1-8-6-4-2-3-5-7-8;1-8-4-2-6(9)7-3-5-8;2*1-2/h2-7H2,1H3;2-5H2,1H3,(H,7,9);2*1-2H3. The van der Waals surface area contributed by atoms with Gasteiger partial charge in [0.2, 0.25) is 5.91 Å². The van der Waals surface area contributed by atoms with Gasteiger partial charge in [-0.3, -0.25) is 4.79 Å². The third-order valence-electron chi connectivity index (χ3n) is 3.37. The molecule has 21 heavy (non-hydrogen) atoms. The van der Waals surface area contributed by atoms with E-state index in [-0.39, 0.29) is 5.91 Å². The molecule has 0 bridgehead atoms. The molecule has 128 valence electrons. The second-order valence-corrected chi connectivity index (χ2v) is 5.12. The van der Waals surface area contributed by atoms with Gasteiger partial charge in [0.25, 0.3) is 0 Å². The lowest BCUT2D eigenvalue weighted by molar-refractivity contribution is -0.120. The molecule has 1 amide bonds. The zero-order valence-corrected chi connectivity index (χ0v) is 15.4. The van der Waals surface area contributed by atoms with Gasteiger partial charge in [-0.15, -0.1) is 0 Å². The fraction of sp³-hybridized carbons (Fsp3) is 0.941. The van der Waals surface area contributed by atoms with Gasteiger partial charge in [0.1, 0.15) is 0 Å². The Balaban J connectivity index is 0. The molecular weight excluding hydrogens is 262 g/mol. The average Bonchev–Trinajstić information content (AvgIpc) is 2.87. The van der Waals surface area contributed by atoms with Crippen LogP contribution >= 0.6 is 0 Å². The second kappa shape index (κ2) is 17.4. The first kappa shape index (κ1) is 22.7.